The van der Waals surface area contributed by atoms with Crippen LogP contribution >= 0.6 is 0 Å². The third-order valence-electron chi connectivity index (χ3n) is 5.76. The lowest BCUT2D eigenvalue weighted by atomic mass is 9.91. The van der Waals surface area contributed by atoms with Crippen molar-refractivity contribution in [2.45, 2.75) is 51.9 Å². The first-order valence-electron chi connectivity index (χ1n) is 10.5. The maximum absolute atomic E-state index is 11.0. The fourth-order valence-electron chi connectivity index (χ4n) is 4.32. The van der Waals surface area contributed by atoms with Gasteiger partial charge in [-0.1, -0.05) is 24.3 Å². The molecule has 0 spiro atoms. The van der Waals surface area contributed by atoms with Gasteiger partial charge in [0.05, 0.1) is 22.8 Å². The number of nitrogens with two attached hydrogens (primary N) is 1. The van der Waals surface area contributed by atoms with Crippen LogP contribution in [0.4, 0.5) is 0 Å². The van der Waals surface area contributed by atoms with E-state index in [1.54, 1.807) is 0 Å². The van der Waals surface area contributed by atoms with Crippen LogP contribution in [0, 0.1) is 13.8 Å². The number of hydrogen-bond acceptors (Lipinski definition) is 4. The average Bonchev–Trinajstić information content (AvgIpc) is 3.09. The molecule has 3 heterocycles. The minimum Gasteiger partial charge on any atom is -0.370 e. The van der Waals surface area contributed by atoms with E-state index in [4.69, 9.17) is 10.7 Å². The molecule has 0 aliphatic carbocycles. The molecule has 0 bridgehead atoms. The predicted molar refractivity (Wildman–Crippen MR) is 115 cm³/mol. The standard InChI is InChI=1S/C23H29N5O/c1-15-14-28-22(19-8-6-17(7-9-19)4-3-5-20(24)29)21(18-10-12-25-13-11-18)27-23(28)16(2)26-15/h6-9,14,18,25H,3-5,10-13H2,1-2H3,(H2,24,29). The molecular weight excluding hydrogens is 362 g/mol. The molecule has 1 aliphatic rings. The number of aryl methyl sites for hydroxylation is 3. The van der Waals surface area contributed by atoms with Crippen LogP contribution in [0.3, 0.4) is 0 Å². The fourth-order valence-corrected chi connectivity index (χ4v) is 4.32. The molecule has 0 atom stereocenters. The highest BCUT2D eigenvalue weighted by molar-refractivity contribution is 5.73. The topological polar surface area (TPSA) is 85.3 Å². The SMILES string of the molecule is Cc1cn2c(-c3ccc(CCCC(N)=O)cc3)c(C3CCNCC3)nc2c(C)n1. The Hall–Kier alpha value is -2.73. The highest BCUT2D eigenvalue weighted by atomic mass is 16.1. The van der Waals surface area contributed by atoms with Gasteiger partial charge in [0, 0.05) is 24.1 Å². The molecule has 1 aliphatic heterocycles. The molecule has 6 nitrogen and oxygen atoms in total. The Morgan fingerprint density at radius 2 is 1.90 bits per heavy atom. The molecule has 2 aromatic heterocycles. The predicted octanol–water partition coefficient (Wildman–Crippen LogP) is 3.29. The summed E-state index contributed by atoms with van der Waals surface area (Å²) in [6, 6.07) is 8.67. The van der Waals surface area contributed by atoms with Crippen molar-refractivity contribution >= 4 is 11.6 Å². The number of hydrogen-bond donors (Lipinski definition) is 2. The van der Waals surface area contributed by atoms with Crippen LogP contribution in [0.1, 0.15) is 54.2 Å². The third kappa shape index (κ3) is 4.17. The van der Waals surface area contributed by atoms with E-state index in [1.807, 2.05) is 13.8 Å². The van der Waals surface area contributed by atoms with Crippen LogP contribution in [-0.4, -0.2) is 33.4 Å². The number of aromatic nitrogens is 3. The van der Waals surface area contributed by atoms with E-state index in [0.29, 0.717) is 12.3 Å². The molecule has 1 saturated heterocycles. The lowest BCUT2D eigenvalue weighted by molar-refractivity contribution is -0.118. The number of imidazole rings is 1. The Kier molecular flexibility index (Phi) is 5.62. The molecule has 6 heteroatoms. The number of carbonyl (C=O) groups is 1. The number of benzene rings is 1. The lowest BCUT2D eigenvalue weighted by Crippen LogP contribution is -2.27. The van der Waals surface area contributed by atoms with Crippen LogP contribution in [0.25, 0.3) is 16.9 Å². The molecule has 3 N–H and O–H groups in total. The molecule has 0 unspecified atom stereocenters. The summed E-state index contributed by atoms with van der Waals surface area (Å²) >= 11 is 0. The molecule has 1 fully saturated rings. The molecule has 4 rings (SSSR count). The van der Waals surface area contributed by atoms with E-state index in [-0.39, 0.29) is 5.91 Å². The van der Waals surface area contributed by atoms with Gasteiger partial charge >= 0.3 is 0 Å². The molecule has 0 saturated carbocycles. The van der Waals surface area contributed by atoms with Crippen molar-refractivity contribution in [1.29, 1.82) is 0 Å². The van der Waals surface area contributed by atoms with Gasteiger partial charge in [0.25, 0.3) is 0 Å². The highest BCUT2D eigenvalue weighted by Crippen LogP contribution is 2.35. The summed E-state index contributed by atoms with van der Waals surface area (Å²) in [4.78, 5) is 20.7. The Morgan fingerprint density at radius 3 is 2.59 bits per heavy atom. The molecular formula is C23H29N5O. The number of piperidine rings is 1. The van der Waals surface area contributed by atoms with Crippen molar-refractivity contribution in [3.63, 3.8) is 0 Å². The first-order chi connectivity index (χ1) is 14.0. The first-order valence-corrected chi connectivity index (χ1v) is 10.5. The van der Waals surface area contributed by atoms with E-state index in [2.05, 4.69) is 45.2 Å². The summed E-state index contributed by atoms with van der Waals surface area (Å²) in [7, 11) is 0. The zero-order valence-corrected chi connectivity index (χ0v) is 17.2. The summed E-state index contributed by atoms with van der Waals surface area (Å²) in [5.41, 5.74) is 12.9. The number of carbonyl (C=O) groups excluding carboxylic acids is 1. The van der Waals surface area contributed by atoms with Gasteiger partial charge in [0.15, 0.2) is 5.65 Å². The van der Waals surface area contributed by atoms with Gasteiger partial charge in [0.1, 0.15) is 0 Å². The Morgan fingerprint density at radius 1 is 1.17 bits per heavy atom. The fraction of sp³-hybridized carbons (Fsp3) is 0.435. The third-order valence-corrected chi connectivity index (χ3v) is 5.76. The average molecular weight is 392 g/mol. The van der Waals surface area contributed by atoms with Crippen LogP contribution in [0.15, 0.2) is 30.5 Å². The smallest absolute Gasteiger partial charge is 0.217 e. The van der Waals surface area contributed by atoms with Gasteiger partial charge in [-0.05, 0) is 58.2 Å². The number of nitrogens with zero attached hydrogens (tertiary/aromatic N) is 3. The van der Waals surface area contributed by atoms with Crippen LogP contribution in [0.2, 0.25) is 0 Å². The second kappa shape index (κ2) is 8.33. The Bertz CT molecular complexity index is 1020. The molecule has 3 aromatic rings. The van der Waals surface area contributed by atoms with Crippen molar-refractivity contribution in [3.8, 4) is 11.3 Å². The number of primary amides is 1. The van der Waals surface area contributed by atoms with E-state index in [9.17, 15) is 4.79 Å². The van der Waals surface area contributed by atoms with Gasteiger partial charge in [-0.3, -0.25) is 14.2 Å². The highest BCUT2D eigenvalue weighted by Gasteiger charge is 2.25. The van der Waals surface area contributed by atoms with Crippen molar-refractivity contribution in [2.75, 3.05) is 13.1 Å². The monoisotopic (exact) mass is 391 g/mol. The number of rotatable bonds is 6. The summed E-state index contributed by atoms with van der Waals surface area (Å²) in [5, 5.41) is 3.45. The van der Waals surface area contributed by atoms with Crippen LogP contribution in [0.5, 0.6) is 0 Å². The second-order valence-corrected chi connectivity index (χ2v) is 8.05. The zero-order valence-electron chi connectivity index (χ0n) is 17.2. The molecule has 152 valence electrons. The van der Waals surface area contributed by atoms with Crippen LogP contribution < -0.4 is 11.1 Å². The molecule has 0 radical (unpaired) electrons. The number of fused-ring (bicyclic) bond motifs is 1. The van der Waals surface area contributed by atoms with Crippen molar-refractivity contribution in [3.05, 3.63) is 53.1 Å². The van der Waals surface area contributed by atoms with Gasteiger partial charge in [-0.2, -0.15) is 0 Å². The number of nitrogens with one attached hydrogen (secondary N) is 1. The zero-order chi connectivity index (χ0) is 20.4. The van der Waals surface area contributed by atoms with Crippen molar-refractivity contribution < 1.29 is 4.79 Å². The van der Waals surface area contributed by atoms with Crippen LogP contribution in [-0.2, 0) is 11.2 Å². The Balaban J connectivity index is 1.74. The lowest BCUT2D eigenvalue weighted by Gasteiger charge is -2.22. The molecule has 29 heavy (non-hydrogen) atoms. The maximum Gasteiger partial charge on any atom is 0.217 e. The van der Waals surface area contributed by atoms with Gasteiger partial charge in [-0.25, -0.2) is 4.98 Å². The minimum atomic E-state index is -0.238. The van der Waals surface area contributed by atoms with Crippen molar-refractivity contribution in [2.24, 2.45) is 5.73 Å². The van der Waals surface area contributed by atoms with E-state index in [0.717, 1.165) is 55.8 Å². The largest absolute Gasteiger partial charge is 0.370 e. The normalized spacial score (nSPS) is 15.1. The second-order valence-electron chi connectivity index (χ2n) is 8.05. The minimum absolute atomic E-state index is 0.238. The molecule has 1 amide bonds. The van der Waals surface area contributed by atoms with Crippen molar-refractivity contribution in [1.82, 2.24) is 19.7 Å². The number of amides is 1. The van der Waals surface area contributed by atoms with Gasteiger partial charge < -0.3 is 11.1 Å². The summed E-state index contributed by atoms with van der Waals surface area (Å²) in [6.45, 7) is 6.13. The summed E-state index contributed by atoms with van der Waals surface area (Å²) < 4.78 is 2.22. The quantitative estimate of drug-likeness (QED) is 0.675. The van der Waals surface area contributed by atoms with E-state index >= 15 is 0 Å². The Labute approximate surface area is 171 Å². The van der Waals surface area contributed by atoms with Gasteiger partial charge in [0.2, 0.25) is 5.91 Å². The summed E-state index contributed by atoms with van der Waals surface area (Å²) in [6.07, 6.45) is 6.38. The van der Waals surface area contributed by atoms with E-state index < -0.39 is 0 Å². The molecule has 1 aromatic carbocycles. The first kappa shape index (κ1) is 19.6. The maximum atomic E-state index is 11.0. The van der Waals surface area contributed by atoms with E-state index in [1.165, 1.54) is 22.5 Å². The summed E-state index contributed by atoms with van der Waals surface area (Å²) in [5.74, 6) is 0.222. The van der Waals surface area contributed by atoms with Gasteiger partial charge in [-0.15, -0.1) is 0 Å².